The van der Waals surface area contributed by atoms with Crippen LogP contribution in [0.4, 0.5) is 0 Å². The van der Waals surface area contributed by atoms with Crippen LogP contribution in [0.3, 0.4) is 0 Å². The average molecular weight is 364 g/mol. The molecule has 0 aliphatic carbocycles. The predicted molar refractivity (Wildman–Crippen MR) is 96.0 cm³/mol. The van der Waals surface area contributed by atoms with Crippen molar-refractivity contribution in [1.82, 2.24) is 9.29 Å². The zero-order valence-electron chi connectivity index (χ0n) is 15.2. The third-order valence-electron chi connectivity index (χ3n) is 4.19. The van der Waals surface area contributed by atoms with Gasteiger partial charge in [0.25, 0.3) is 0 Å². The fourth-order valence-electron chi connectivity index (χ4n) is 2.79. The molecule has 0 saturated carbocycles. The van der Waals surface area contributed by atoms with E-state index in [2.05, 4.69) is 4.72 Å². The van der Waals surface area contributed by atoms with E-state index in [-0.39, 0.29) is 23.7 Å². The van der Waals surface area contributed by atoms with Gasteiger partial charge in [0.05, 0.1) is 6.61 Å². The van der Waals surface area contributed by atoms with Crippen LogP contribution < -0.4 is 4.72 Å². The summed E-state index contributed by atoms with van der Waals surface area (Å²) in [6.45, 7) is 7.41. The lowest BCUT2D eigenvalue weighted by molar-refractivity contribution is 0.0514. The Morgan fingerprint density at radius 3 is 2.32 bits per heavy atom. The molecule has 0 atom stereocenters. The highest BCUT2D eigenvalue weighted by atomic mass is 32.2. The summed E-state index contributed by atoms with van der Waals surface area (Å²) in [5.41, 5.74) is 3.13. The second kappa shape index (κ2) is 7.41. The van der Waals surface area contributed by atoms with Crippen LogP contribution in [-0.4, -0.2) is 25.6 Å². The van der Waals surface area contributed by atoms with Gasteiger partial charge >= 0.3 is 5.97 Å². The molecule has 0 aliphatic heterocycles. The smallest absolute Gasteiger partial charge is 0.355 e. The monoisotopic (exact) mass is 364 g/mol. The van der Waals surface area contributed by atoms with E-state index in [1.807, 2.05) is 31.2 Å². The second-order valence-corrected chi connectivity index (χ2v) is 7.68. The van der Waals surface area contributed by atoms with Gasteiger partial charge in [0, 0.05) is 24.8 Å². The van der Waals surface area contributed by atoms with Gasteiger partial charge in [-0.1, -0.05) is 29.8 Å². The van der Waals surface area contributed by atoms with Gasteiger partial charge in [0.2, 0.25) is 10.0 Å². The Morgan fingerprint density at radius 2 is 1.76 bits per heavy atom. The van der Waals surface area contributed by atoms with Gasteiger partial charge in [0.1, 0.15) is 10.6 Å². The van der Waals surface area contributed by atoms with Crippen molar-refractivity contribution < 1.29 is 17.9 Å². The lowest BCUT2D eigenvalue weighted by Gasteiger charge is -2.08. The molecular weight excluding hydrogens is 340 g/mol. The molecule has 0 radical (unpaired) electrons. The maximum Gasteiger partial charge on any atom is 0.355 e. The third-order valence-corrected chi connectivity index (χ3v) is 5.85. The Labute approximate surface area is 148 Å². The van der Waals surface area contributed by atoms with Gasteiger partial charge in [-0.2, -0.15) is 0 Å². The maximum absolute atomic E-state index is 12.8. The van der Waals surface area contributed by atoms with Crippen molar-refractivity contribution in [2.75, 3.05) is 6.61 Å². The number of aromatic nitrogens is 1. The zero-order chi connectivity index (χ0) is 18.8. The van der Waals surface area contributed by atoms with Crippen molar-refractivity contribution in [3.05, 3.63) is 52.3 Å². The first kappa shape index (κ1) is 19.2. The Kier molecular flexibility index (Phi) is 5.69. The average Bonchev–Trinajstić information content (AvgIpc) is 2.77. The van der Waals surface area contributed by atoms with Crippen LogP contribution in [0.2, 0.25) is 0 Å². The Bertz CT molecular complexity index is 881. The van der Waals surface area contributed by atoms with Crippen LogP contribution in [0.25, 0.3) is 0 Å². The van der Waals surface area contributed by atoms with Crippen LogP contribution in [-0.2, 0) is 28.4 Å². The van der Waals surface area contributed by atoms with E-state index in [4.69, 9.17) is 4.74 Å². The number of esters is 1. The molecule has 0 saturated heterocycles. The first-order valence-corrected chi connectivity index (χ1v) is 9.55. The van der Waals surface area contributed by atoms with E-state index in [0.717, 1.165) is 11.1 Å². The van der Waals surface area contributed by atoms with Crippen LogP contribution in [0, 0.1) is 20.8 Å². The lowest BCUT2D eigenvalue weighted by atomic mass is 10.2. The molecule has 0 aliphatic rings. The van der Waals surface area contributed by atoms with Crippen molar-refractivity contribution in [3.63, 3.8) is 0 Å². The highest BCUT2D eigenvalue weighted by Crippen LogP contribution is 2.26. The highest BCUT2D eigenvalue weighted by Gasteiger charge is 2.29. The summed E-state index contributed by atoms with van der Waals surface area (Å²) in [5.74, 6) is -0.523. The third kappa shape index (κ3) is 3.93. The molecule has 0 spiro atoms. The van der Waals surface area contributed by atoms with Crippen molar-refractivity contribution in [3.8, 4) is 0 Å². The van der Waals surface area contributed by atoms with Crippen molar-refractivity contribution in [2.45, 2.75) is 39.1 Å². The number of hydrogen-bond acceptors (Lipinski definition) is 4. The fraction of sp³-hybridized carbons (Fsp3) is 0.389. The number of ether oxygens (including phenoxy) is 1. The van der Waals surface area contributed by atoms with Crippen molar-refractivity contribution in [2.24, 2.45) is 7.05 Å². The number of nitrogens with one attached hydrogen (secondary N) is 1. The van der Waals surface area contributed by atoms with Crippen LogP contribution >= 0.6 is 0 Å². The number of carbonyl (C=O) groups excluding carboxylic acids is 1. The van der Waals surface area contributed by atoms with Gasteiger partial charge in [0.15, 0.2) is 0 Å². The Balaban J connectivity index is 2.34. The van der Waals surface area contributed by atoms with Crippen LogP contribution in [0.5, 0.6) is 0 Å². The van der Waals surface area contributed by atoms with E-state index in [1.165, 1.54) is 0 Å². The molecule has 1 aromatic heterocycles. The summed E-state index contributed by atoms with van der Waals surface area (Å²) in [5, 5.41) is 0. The largest absolute Gasteiger partial charge is 0.461 e. The number of hydrogen-bond donors (Lipinski definition) is 1. The predicted octanol–water partition coefficient (Wildman–Crippen LogP) is 2.61. The van der Waals surface area contributed by atoms with Crippen molar-refractivity contribution >= 4 is 16.0 Å². The van der Waals surface area contributed by atoms with Gasteiger partial charge < -0.3 is 9.30 Å². The Morgan fingerprint density at radius 1 is 1.16 bits per heavy atom. The number of aryl methyl sites for hydroxylation is 1. The normalized spacial score (nSPS) is 11.6. The zero-order valence-corrected chi connectivity index (χ0v) is 16.0. The molecule has 1 N–H and O–H groups in total. The molecule has 0 bridgehead atoms. The SMILES string of the molecule is CCOC(=O)c1c(C)c(S(=O)(=O)NCc2ccc(C)cc2)c(C)n1C. The summed E-state index contributed by atoms with van der Waals surface area (Å²) < 4.78 is 34.8. The molecule has 2 aromatic rings. The molecule has 0 fully saturated rings. The molecule has 0 unspecified atom stereocenters. The van der Waals surface area contributed by atoms with Crippen LogP contribution in [0.15, 0.2) is 29.2 Å². The highest BCUT2D eigenvalue weighted by molar-refractivity contribution is 7.89. The van der Waals surface area contributed by atoms with Gasteiger partial charge in [-0.05, 0) is 33.3 Å². The summed E-state index contributed by atoms with van der Waals surface area (Å²) in [6, 6.07) is 7.63. The minimum absolute atomic E-state index is 0.130. The molecule has 7 heteroatoms. The lowest BCUT2D eigenvalue weighted by Crippen LogP contribution is -2.24. The summed E-state index contributed by atoms with van der Waals surface area (Å²) in [7, 11) is -2.10. The molecule has 6 nitrogen and oxygen atoms in total. The minimum atomic E-state index is -3.76. The number of sulfonamides is 1. The van der Waals surface area contributed by atoms with Gasteiger partial charge in [-0.3, -0.25) is 0 Å². The first-order chi connectivity index (χ1) is 11.7. The number of carbonyl (C=O) groups is 1. The quantitative estimate of drug-likeness (QED) is 0.799. The molecular formula is C18H24N2O4S. The minimum Gasteiger partial charge on any atom is -0.461 e. The molecule has 1 heterocycles. The van der Waals surface area contributed by atoms with Crippen LogP contribution in [0.1, 0.15) is 39.8 Å². The van der Waals surface area contributed by atoms with E-state index >= 15 is 0 Å². The van der Waals surface area contributed by atoms with E-state index in [1.54, 1.807) is 32.4 Å². The van der Waals surface area contributed by atoms with E-state index in [9.17, 15) is 13.2 Å². The summed E-state index contributed by atoms with van der Waals surface area (Å²) in [6.07, 6.45) is 0. The molecule has 0 amide bonds. The number of rotatable bonds is 6. The number of benzene rings is 1. The van der Waals surface area contributed by atoms with Crippen molar-refractivity contribution in [1.29, 1.82) is 0 Å². The van der Waals surface area contributed by atoms with E-state index < -0.39 is 16.0 Å². The molecule has 25 heavy (non-hydrogen) atoms. The topological polar surface area (TPSA) is 77.4 Å². The number of nitrogens with zero attached hydrogens (tertiary/aromatic N) is 1. The molecule has 1 aromatic carbocycles. The Hall–Kier alpha value is -2.12. The second-order valence-electron chi connectivity index (χ2n) is 5.98. The fourth-order valence-corrected chi connectivity index (χ4v) is 4.32. The van der Waals surface area contributed by atoms with E-state index in [0.29, 0.717) is 11.3 Å². The summed E-state index contributed by atoms with van der Waals surface area (Å²) >= 11 is 0. The summed E-state index contributed by atoms with van der Waals surface area (Å²) in [4.78, 5) is 12.3. The molecule has 136 valence electrons. The standard InChI is InChI=1S/C18H24N2O4S/c1-6-24-18(21)16-13(3)17(14(4)20(16)5)25(22,23)19-11-15-9-7-12(2)8-10-15/h7-10,19H,6,11H2,1-5H3. The maximum atomic E-state index is 12.8. The van der Waals surface area contributed by atoms with Gasteiger partial charge in [-0.15, -0.1) is 0 Å². The molecule has 2 rings (SSSR count). The first-order valence-electron chi connectivity index (χ1n) is 8.07. The van der Waals surface area contributed by atoms with Gasteiger partial charge in [-0.25, -0.2) is 17.9 Å².